The summed E-state index contributed by atoms with van der Waals surface area (Å²) in [6.07, 6.45) is 3.58. The summed E-state index contributed by atoms with van der Waals surface area (Å²) in [6.45, 7) is 14.3. The molecule has 0 aromatic rings. The van der Waals surface area contributed by atoms with Crippen LogP contribution in [0.25, 0.3) is 10.4 Å². The fraction of sp³-hybridized carbons (Fsp3) is 1.00. The third-order valence-electron chi connectivity index (χ3n) is 7.35. The molecule has 2 rings (SSSR count). The molecule has 0 bridgehead atoms. The molecule has 2 fully saturated rings. The van der Waals surface area contributed by atoms with Crippen LogP contribution in [0.4, 0.5) is 0 Å². The van der Waals surface area contributed by atoms with E-state index in [1.165, 1.54) is 0 Å². The Morgan fingerprint density at radius 2 is 1.36 bits per heavy atom. The quantitative estimate of drug-likeness (QED) is 0.0713. The number of ether oxygens (including phenoxy) is 8. The fourth-order valence-corrected chi connectivity index (χ4v) is 5.04. The number of hydrogen-bond donors (Lipinski definition) is 1. The van der Waals surface area contributed by atoms with Crippen LogP contribution in [-0.4, -0.2) is 106 Å². The van der Waals surface area contributed by atoms with Gasteiger partial charge in [0, 0.05) is 31.3 Å². The molecule has 2 aliphatic heterocycles. The highest BCUT2D eigenvalue weighted by Crippen LogP contribution is 2.33. The maximum atomic E-state index is 9.91. The molecule has 0 radical (unpaired) electrons. The number of aliphatic hydroxyl groups excluding tert-OH is 1. The minimum absolute atomic E-state index is 0.0323. The maximum Gasteiger partial charge on any atom is 0.186 e. The first-order chi connectivity index (χ1) is 20.3. The van der Waals surface area contributed by atoms with Gasteiger partial charge in [-0.1, -0.05) is 58.5 Å². The molecule has 0 saturated carbocycles. The second-order valence-electron chi connectivity index (χ2n) is 11.5. The van der Waals surface area contributed by atoms with E-state index in [0.29, 0.717) is 33.0 Å². The Bertz CT molecular complexity index is 756. The van der Waals surface area contributed by atoms with Gasteiger partial charge in [0.15, 0.2) is 12.1 Å². The standard InChI is InChI=1S/C30H57N3O9/c1-7-11-15-35-21-24-26(36-16-12-8-2)27(37-17-13-9-3)28(38-18-14-10-4)29(40-24)39-20-22(32-33-31)25-23(19-34)41-30(5,6)42-25/h22-29,34H,7-21H2,1-6H3/t22-,23+,24?,25-,26?,27?,28?,29?/m0/s1. The van der Waals surface area contributed by atoms with Gasteiger partial charge in [-0.3, -0.25) is 0 Å². The second kappa shape index (κ2) is 20.8. The van der Waals surface area contributed by atoms with Crippen LogP contribution in [0, 0.1) is 0 Å². The Kier molecular flexibility index (Phi) is 18.4. The molecular weight excluding hydrogens is 546 g/mol. The SMILES string of the molecule is CCCCOCC1OC(OC[C@H](N=[N+]=[N-])[C@@H]2OC(C)(C)O[C@@H]2CO)C(OCCCC)C(OCCCC)C1OCCCC. The molecule has 2 aliphatic rings. The highest BCUT2D eigenvalue weighted by atomic mass is 16.8. The van der Waals surface area contributed by atoms with E-state index in [9.17, 15) is 10.6 Å². The van der Waals surface area contributed by atoms with E-state index in [0.717, 1.165) is 51.4 Å². The molecule has 5 unspecified atom stereocenters. The monoisotopic (exact) mass is 603 g/mol. The summed E-state index contributed by atoms with van der Waals surface area (Å²) >= 11 is 0. The van der Waals surface area contributed by atoms with Gasteiger partial charge in [0.1, 0.15) is 36.6 Å². The number of unbranched alkanes of at least 4 members (excludes halogenated alkanes) is 4. The van der Waals surface area contributed by atoms with Crippen LogP contribution in [0.5, 0.6) is 0 Å². The minimum atomic E-state index is -0.934. The molecule has 246 valence electrons. The first-order valence-corrected chi connectivity index (χ1v) is 16.1. The van der Waals surface area contributed by atoms with Crippen molar-refractivity contribution in [2.24, 2.45) is 5.11 Å². The number of nitrogens with zero attached hydrogens (tertiary/aromatic N) is 3. The molecule has 8 atom stereocenters. The van der Waals surface area contributed by atoms with Gasteiger partial charge in [0.2, 0.25) is 0 Å². The van der Waals surface area contributed by atoms with Crippen LogP contribution in [0.3, 0.4) is 0 Å². The minimum Gasteiger partial charge on any atom is -0.394 e. The Morgan fingerprint density at radius 3 is 1.93 bits per heavy atom. The van der Waals surface area contributed by atoms with Crippen molar-refractivity contribution >= 4 is 0 Å². The zero-order valence-electron chi connectivity index (χ0n) is 26.8. The maximum absolute atomic E-state index is 9.91. The molecule has 1 N–H and O–H groups in total. The predicted molar refractivity (Wildman–Crippen MR) is 158 cm³/mol. The van der Waals surface area contributed by atoms with Gasteiger partial charge in [-0.15, -0.1) is 0 Å². The van der Waals surface area contributed by atoms with Gasteiger partial charge in [-0.25, -0.2) is 0 Å². The van der Waals surface area contributed by atoms with E-state index in [1.54, 1.807) is 13.8 Å². The van der Waals surface area contributed by atoms with Crippen molar-refractivity contribution in [3.05, 3.63) is 10.4 Å². The van der Waals surface area contributed by atoms with E-state index >= 15 is 0 Å². The van der Waals surface area contributed by atoms with Crippen molar-refractivity contribution < 1.29 is 43.0 Å². The van der Waals surface area contributed by atoms with Gasteiger partial charge in [-0.2, -0.15) is 0 Å². The number of hydrogen-bond acceptors (Lipinski definition) is 10. The molecule has 0 aromatic carbocycles. The molecule has 42 heavy (non-hydrogen) atoms. The molecule has 2 heterocycles. The van der Waals surface area contributed by atoms with Crippen molar-refractivity contribution in [1.29, 1.82) is 0 Å². The molecule has 12 heteroatoms. The van der Waals surface area contributed by atoms with Gasteiger partial charge < -0.3 is 43.0 Å². The van der Waals surface area contributed by atoms with E-state index in [2.05, 4.69) is 37.7 Å². The lowest BCUT2D eigenvalue weighted by molar-refractivity contribution is -0.325. The second-order valence-corrected chi connectivity index (χ2v) is 11.5. The average molecular weight is 604 g/mol. The van der Waals surface area contributed by atoms with Crippen LogP contribution in [0.1, 0.15) is 92.9 Å². The van der Waals surface area contributed by atoms with E-state index in [4.69, 9.17) is 37.9 Å². The zero-order valence-corrected chi connectivity index (χ0v) is 26.8. The highest BCUT2D eigenvalue weighted by molar-refractivity contribution is 4.95. The predicted octanol–water partition coefficient (Wildman–Crippen LogP) is 5.29. The van der Waals surface area contributed by atoms with E-state index in [1.807, 2.05) is 0 Å². The average Bonchev–Trinajstić information content (AvgIpc) is 3.29. The molecular formula is C30H57N3O9. The van der Waals surface area contributed by atoms with Crippen molar-refractivity contribution in [1.82, 2.24) is 0 Å². The van der Waals surface area contributed by atoms with E-state index < -0.39 is 54.7 Å². The summed E-state index contributed by atoms with van der Waals surface area (Å²) in [5.41, 5.74) is 9.34. The summed E-state index contributed by atoms with van der Waals surface area (Å²) in [5.74, 6) is -0.934. The van der Waals surface area contributed by atoms with Gasteiger partial charge in [0.05, 0.1) is 25.9 Å². The van der Waals surface area contributed by atoms with Gasteiger partial charge >= 0.3 is 0 Å². The normalized spacial score (nSPS) is 29.8. The smallest absolute Gasteiger partial charge is 0.186 e. The van der Waals surface area contributed by atoms with Crippen molar-refractivity contribution in [3.8, 4) is 0 Å². The zero-order chi connectivity index (χ0) is 30.8. The van der Waals surface area contributed by atoms with Gasteiger partial charge in [0.25, 0.3) is 0 Å². The van der Waals surface area contributed by atoms with Crippen LogP contribution < -0.4 is 0 Å². The highest BCUT2D eigenvalue weighted by Gasteiger charge is 2.50. The Morgan fingerprint density at radius 1 is 0.786 bits per heavy atom. The Balaban J connectivity index is 2.33. The topological polar surface area (TPSA) is 143 Å². The molecule has 0 aromatic heterocycles. The first-order valence-electron chi connectivity index (χ1n) is 16.1. The third kappa shape index (κ3) is 12.1. The van der Waals surface area contributed by atoms with E-state index in [-0.39, 0.29) is 13.2 Å². The van der Waals surface area contributed by atoms with Crippen LogP contribution in [0.15, 0.2) is 5.11 Å². The fourth-order valence-electron chi connectivity index (χ4n) is 5.04. The molecule has 2 saturated heterocycles. The largest absolute Gasteiger partial charge is 0.394 e. The van der Waals surface area contributed by atoms with Gasteiger partial charge in [-0.05, 0) is 45.1 Å². The lowest BCUT2D eigenvalue weighted by Crippen LogP contribution is -2.62. The molecule has 0 spiro atoms. The molecule has 0 amide bonds. The lowest BCUT2D eigenvalue weighted by Gasteiger charge is -2.46. The number of azide groups is 1. The summed E-state index contributed by atoms with van der Waals surface area (Å²) in [5, 5.41) is 13.9. The number of rotatable bonds is 23. The summed E-state index contributed by atoms with van der Waals surface area (Å²) in [7, 11) is 0. The van der Waals surface area contributed by atoms with Crippen LogP contribution in [0.2, 0.25) is 0 Å². The third-order valence-corrected chi connectivity index (χ3v) is 7.35. The van der Waals surface area contributed by atoms with Crippen LogP contribution >= 0.6 is 0 Å². The summed E-state index contributed by atoms with van der Waals surface area (Å²) in [4.78, 5) is 3.02. The molecule has 12 nitrogen and oxygen atoms in total. The van der Waals surface area contributed by atoms with Crippen LogP contribution in [-0.2, 0) is 37.9 Å². The van der Waals surface area contributed by atoms with Crippen molar-refractivity contribution in [2.75, 3.05) is 46.2 Å². The first kappa shape index (κ1) is 37.1. The summed E-state index contributed by atoms with van der Waals surface area (Å²) < 4.78 is 50.0. The lowest BCUT2D eigenvalue weighted by atomic mass is 9.97. The molecule has 0 aliphatic carbocycles. The van der Waals surface area contributed by atoms with Crippen molar-refractivity contribution in [2.45, 2.75) is 148 Å². The summed E-state index contributed by atoms with van der Waals surface area (Å²) in [6, 6.07) is -0.772. The Hall–Kier alpha value is -1.05. The Labute approximate surface area is 252 Å². The van der Waals surface area contributed by atoms with Crippen molar-refractivity contribution in [3.63, 3.8) is 0 Å². The number of aliphatic hydroxyl groups is 1.